The number of nitrogens with two attached hydrogens (primary N) is 1. The van der Waals surface area contributed by atoms with Crippen LogP contribution in [0.15, 0.2) is 66.7 Å². The highest BCUT2D eigenvalue weighted by Gasteiger charge is 2.13. The summed E-state index contributed by atoms with van der Waals surface area (Å²) in [7, 11) is 0. The van der Waals surface area contributed by atoms with Crippen molar-refractivity contribution < 1.29 is 4.79 Å². The van der Waals surface area contributed by atoms with Gasteiger partial charge < -0.3 is 5.73 Å². The van der Waals surface area contributed by atoms with E-state index in [1.54, 1.807) is 11.8 Å². The number of rotatable bonds is 8. The molecule has 0 aliphatic carbocycles. The van der Waals surface area contributed by atoms with Gasteiger partial charge in [0.1, 0.15) is 0 Å². The second-order valence-electron chi connectivity index (χ2n) is 7.11. The normalized spacial score (nSPS) is 10.7. The van der Waals surface area contributed by atoms with E-state index in [-0.39, 0.29) is 11.0 Å². The zero-order valence-corrected chi connectivity index (χ0v) is 18.8. The number of carbonyl (C=O) groups excluding carboxylic acids is 1. The number of aryl methyl sites for hydroxylation is 1. The minimum Gasteiger partial charge on any atom is -0.374 e. The third-order valence-electron chi connectivity index (χ3n) is 4.84. The maximum absolute atomic E-state index is 12.5. The Morgan fingerprint density at radius 3 is 2.53 bits per heavy atom. The lowest BCUT2D eigenvalue weighted by molar-refractivity contribution is -0.118. The number of anilines is 1. The van der Waals surface area contributed by atoms with E-state index in [2.05, 4.69) is 54.8 Å². The first-order chi connectivity index (χ1) is 14.6. The van der Waals surface area contributed by atoms with Crippen LogP contribution in [0.2, 0.25) is 0 Å². The highest BCUT2D eigenvalue weighted by atomic mass is 32.2. The summed E-state index contributed by atoms with van der Waals surface area (Å²) in [4.78, 5) is 12.5. The third-order valence-corrected chi connectivity index (χ3v) is 6.01. The number of hydrogen-bond donors (Lipinski definition) is 2. The van der Waals surface area contributed by atoms with Crippen LogP contribution in [0.4, 0.5) is 5.69 Å². The molecule has 0 spiro atoms. The maximum atomic E-state index is 12.5. The number of benzene rings is 3. The molecule has 156 valence electrons. The summed E-state index contributed by atoms with van der Waals surface area (Å²) in [5, 5.41) is 4.02. The summed E-state index contributed by atoms with van der Waals surface area (Å²) in [5.41, 5.74) is 11.9. The molecule has 0 aliphatic heterocycles. The van der Waals surface area contributed by atoms with Gasteiger partial charge in [-0.25, -0.2) is 5.01 Å². The number of amides is 1. The van der Waals surface area contributed by atoms with Crippen molar-refractivity contribution >= 4 is 51.5 Å². The molecular formula is C24H27N3OS2. The number of nitrogens with zero attached hydrogens (tertiary/aromatic N) is 1. The number of carbonyl (C=O) groups is 1. The number of nitrogens with one attached hydrogen (secondary N) is 1. The fourth-order valence-electron chi connectivity index (χ4n) is 3.27. The van der Waals surface area contributed by atoms with Crippen LogP contribution in [0.3, 0.4) is 0 Å². The van der Waals surface area contributed by atoms with Gasteiger partial charge in [-0.1, -0.05) is 67.9 Å². The predicted molar refractivity (Wildman–Crippen MR) is 133 cm³/mol. The summed E-state index contributed by atoms with van der Waals surface area (Å²) >= 11 is 6.71. The molecule has 3 aromatic rings. The van der Waals surface area contributed by atoms with E-state index in [1.807, 2.05) is 24.3 Å². The van der Waals surface area contributed by atoms with Crippen LogP contribution in [0.5, 0.6) is 0 Å². The van der Waals surface area contributed by atoms with Crippen molar-refractivity contribution in [3.8, 4) is 0 Å². The average molecular weight is 438 g/mol. The highest BCUT2D eigenvalue weighted by molar-refractivity contribution is 7.99. The molecule has 0 radical (unpaired) electrons. The zero-order chi connectivity index (χ0) is 21.3. The molecule has 3 N–H and O–H groups in total. The number of unbranched alkanes of at least 4 members (excludes halogenated alkanes) is 1. The fraction of sp³-hybridized carbons (Fsp3) is 0.250. The Labute approximate surface area is 187 Å². The molecule has 0 saturated heterocycles. The predicted octanol–water partition coefficient (Wildman–Crippen LogP) is 5.20. The molecule has 3 aromatic carbocycles. The summed E-state index contributed by atoms with van der Waals surface area (Å²) in [6.07, 6.45) is 3.36. The van der Waals surface area contributed by atoms with Crippen molar-refractivity contribution in [2.24, 2.45) is 5.73 Å². The summed E-state index contributed by atoms with van der Waals surface area (Å²) in [6.45, 7) is 2.18. The fourth-order valence-corrected chi connectivity index (χ4v) is 4.24. The van der Waals surface area contributed by atoms with Crippen LogP contribution < -0.4 is 16.2 Å². The van der Waals surface area contributed by atoms with E-state index < -0.39 is 0 Å². The second-order valence-corrected chi connectivity index (χ2v) is 8.51. The molecule has 0 unspecified atom stereocenters. The van der Waals surface area contributed by atoms with Crippen molar-refractivity contribution in [3.63, 3.8) is 0 Å². The van der Waals surface area contributed by atoms with Crippen LogP contribution in [0.1, 0.15) is 30.9 Å². The van der Waals surface area contributed by atoms with Gasteiger partial charge in [-0.15, -0.1) is 11.8 Å². The molecule has 4 nitrogen and oxygen atoms in total. The van der Waals surface area contributed by atoms with Crippen LogP contribution >= 0.6 is 24.0 Å². The molecule has 0 bridgehead atoms. The summed E-state index contributed by atoms with van der Waals surface area (Å²) in [5.74, 6) is 0.938. The van der Waals surface area contributed by atoms with E-state index >= 15 is 0 Å². The van der Waals surface area contributed by atoms with Gasteiger partial charge in [0.05, 0.1) is 11.4 Å². The first-order valence-corrected chi connectivity index (χ1v) is 11.7. The van der Waals surface area contributed by atoms with Crippen LogP contribution in [-0.2, 0) is 17.0 Å². The smallest absolute Gasteiger partial charge is 0.248 e. The summed E-state index contributed by atoms with van der Waals surface area (Å²) < 4.78 is 0. The van der Waals surface area contributed by atoms with E-state index in [1.165, 1.54) is 26.9 Å². The number of hydrogen-bond acceptors (Lipinski definition) is 3. The number of hydrazine groups is 1. The van der Waals surface area contributed by atoms with Crippen LogP contribution in [0.25, 0.3) is 10.8 Å². The lowest BCUT2D eigenvalue weighted by Gasteiger charge is -2.23. The highest BCUT2D eigenvalue weighted by Crippen LogP contribution is 2.23. The average Bonchev–Trinajstić information content (AvgIpc) is 2.76. The molecule has 0 aliphatic rings. The Balaban J connectivity index is 1.57. The third kappa shape index (κ3) is 5.97. The summed E-state index contributed by atoms with van der Waals surface area (Å²) in [6, 6.07) is 22.5. The number of fused-ring (bicyclic) bond motifs is 1. The van der Waals surface area contributed by atoms with Crippen molar-refractivity contribution in [1.29, 1.82) is 0 Å². The molecule has 0 fully saturated rings. The van der Waals surface area contributed by atoms with Gasteiger partial charge >= 0.3 is 0 Å². The Kier molecular flexibility index (Phi) is 8.11. The molecule has 0 aromatic heterocycles. The van der Waals surface area contributed by atoms with Gasteiger partial charge in [-0.05, 0) is 59.1 Å². The van der Waals surface area contributed by atoms with E-state index in [0.717, 1.165) is 30.7 Å². The van der Waals surface area contributed by atoms with Crippen molar-refractivity contribution in [3.05, 3.63) is 77.9 Å². The zero-order valence-electron chi connectivity index (χ0n) is 17.1. The molecule has 0 saturated carbocycles. The van der Waals surface area contributed by atoms with E-state index in [9.17, 15) is 4.79 Å². The quantitative estimate of drug-likeness (QED) is 0.375. The lowest BCUT2D eigenvalue weighted by atomic mass is 10.1. The second kappa shape index (κ2) is 11.0. The molecule has 3 rings (SSSR count). The SMILES string of the molecule is CCCCc1ccc(N(NC(=O)CSCc2cccc3ccccc23)C(N)=S)cc1. The number of thiocarbonyl (C=S) groups is 1. The monoisotopic (exact) mass is 437 g/mol. The first kappa shape index (κ1) is 22.1. The first-order valence-electron chi connectivity index (χ1n) is 10.1. The molecule has 30 heavy (non-hydrogen) atoms. The van der Waals surface area contributed by atoms with Crippen LogP contribution in [-0.4, -0.2) is 16.8 Å². The van der Waals surface area contributed by atoms with E-state index in [4.69, 9.17) is 18.0 Å². The van der Waals surface area contributed by atoms with Gasteiger partial charge in [0.15, 0.2) is 5.11 Å². The largest absolute Gasteiger partial charge is 0.374 e. The van der Waals surface area contributed by atoms with Gasteiger partial charge in [-0.3, -0.25) is 10.2 Å². The van der Waals surface area contributed by atoms with Gasteiger partial charge in [0.2, 0.25) is 5.91 Å². The minimum absolute atomic E-state index is 0.115. The lowest BCUT2D eigenvalue weighted by Crippen LogP contribution is -2.49. The standard InChI is InChI=1S/C24H27N3OS2/c1-2-3-7-18-12-14-21(15-13-18)27(24(25)29)26-23(28)17-30-16-20-10-6-9-19-8-4-5-11-22(19)20/h4-6,8-15H,2-3,7,16-17H2,1H3,(H2,25,29)(H,26,28). The Hall–Kier alpha value is -2.57. The molecule has 0 atom stereocenters. The Bertz CT molecular complexity index is 1000. The maximum Gasteiger partial charge on any atom is 0.248 e. The Morgan fingerprint density at radius 2 is 1.80 bits per heavy atom. The Morgan fingerprint density at radius 1 is 1.07 bits per heavy atom. The molecule has 0 heterocycles. The van der Waals surface area contributed by atoms with Crippen LogP contribution in [0, 0.1) is 0 Å². The topological polar surface area (TPSA) is 58.4 Å². The van der Waals surface area contributed by atoms with Crippen molar-refractivity contribution in [2.45, 2.75) is 31.9 Å². The van der Waals surface area contributed by atoms with Gasteiger partial charge in [-0.2, -0.15) is 0 Å². The van der Waals surface area contributed by atoms with Gasteiger partial charge in [0, 0.05) is 5.75 Å². The minimum atomic E-state index is -0.136. The molecular weight excluding hydrogens is 410 g/mol. The van der Waals surface area contributed by atoms with Crippen molar-refractivity contribution in [2.75, 3.05) is 10.8 Å². The van der Waals surface area contributed by atoms with E-state index in [0.29, 0.717) is 5.75 Å². The van der Waals surface area contributed by atoms with Crippen molar-refractivity contribution in [1.82, 2.24) is 5.43 Å². The molecule has 6 heteroatoms. The molecule has 1 amide bonds. The number of thioether (sulfide) groups is 1. The van der Waals surface area contributed by atoms with Gasteiger partial charge in [0.25, 0.3) is 0 Å².